The molecule has 1 aromatic carbocycles. The second-order valence-corrected chi connectivity index (χ2v) is 5.45. The number of morpholine rings is 1. The van der Waals surface area contributed by atoms with Crippen molar-refractivity contribution in [1.82, 2.24) is 4.90 Å². The van der Waals surface area contributed by atoms with Gasteiger partial charge in [-0.1, -0.05) is 6.07 Å². The van der Waals surface area contributed by atoms with Crippen LogP contribution in [0.5, 0.6) is 0 Å². The summed E-state index contributed by atoms with van der Waals surface area (Å²) in [6, 6.07) is 5.77. The number of anilines is 1. The van der Waals surface area contributed by atoms with Crippen molar-refractivity contribution < 1.29 is 9.13 Å². The minimum Gasteiger partial charge on any atom is -0.380 e. The van der Waals surface area contributed by atoms with Crippen LogP contribution in [0.15, 0.2) is 18.2 Å². The van der Waals surface area contributed by atoms with Crippen molar-refractivity contribution in [2.24, 2.45) is 0 Å². The molecule has 0 radical (unpaired) electrons. The SMILES string of the molecule is Cc1ccc(NCC2CN(C(C)C)CCO2)c(F)c1. The number of benzene rings is 1. The molecule has 1 fully saturated rings. The number of halogens is 1. The van der Waals surface area contributed by atoms with Crippen molar-refractivity contribution >= 4 is 5.69 Å². The standard InChI is InChI=1S/C15H23FN2O/c1-11(2)18-6-7-19-13(10-18)9-17-15-5-4-12(3)8-14(15)16/h4-5,8,11,13,17H,6-7,9-10H2,1-3H3. The van der Waals surface area contributed by atoms with Crippen LogP contribution in [0.2, 0.25) is 0 Å². The maximum Gasteiger partial charge on any atom is 0.146 e. The highest BCUT2D eigenvalue weighted by Crippen LogP contribution is 2.16. The van der Waals surface area contributed by atoms with Crippen LogP contribution in [-0.4, -0.2) is 43.3 Å². The van der Waals surface area contributed by atoms with E-state index in [1.807, 2.05) is 13.0 Å². The van der Waals surface area contributed by atoms with Crippen molar-refractivity contribution in [3.8, 4) is 0 Å². The van der Waals surface area contributed by atoms with Crippen molar-refractivity contribution in [3.05, 3.63) is 29.6 Å². The number of rotatable bonds is 4. The van der Waals surface area contributed by atoms with Crippen LogP contribution in [0.4, 0.5) is 10.1 Å². The van der Waals surface area contributed by atoms with Gasteiger partial charge < -0.3 is 10.1 Å². The van der Waals surface area contributed by atoms with Gasteiger partial charge in [0.05, 0.1) is 18.4 Å². The highest BCUT2D eigenvalue weighted by molar-refractivity contribution is 5.46. The fraction of sp³-hybridized carbons (Fsp3) is 0.600. The molecule has 2 rings (SSSR count). The average Bonchev–Trinajstić information content (AvgIpc) is 2.38. The van der Waals surface area contributed by atoms with Gasteiger partial charge in [0.2, 0.25) is 0 Å². The lowest BCUT2D eigenvalue weighted by atomic mass is 10.2. The van der Waals surface area contributed by atoms with Gasteiger partial charge in [-0.25, -0.2) is 4.39 Å². The fourth-order valence-electron chi connectivity index (χ4n) is 2.32. The Balaban J connectivity index is 1.88. The van der Waals surface area contributed by atoms with Gasteiger partial charge in [0.1, 0.15) is 5.82 Å². The Morgan fingerprint density at radius 1 is 1.47 bits per heavy atom. The number of aryl methyl sites for hydroxylation is 1. The zero-order valence-corrected chi connectivity index (χ0v) is 11.9. The summed E-state index contributed by atoms with van der Waals surface area (Å²) in [6.07, 6.45) is 0.122. The van der Waals surface area contributed by atoms with Crippen LogP contribution in [0.25, 0.3) is 0 Å². The van der Waals surface area contributed by atoms with E-state index in [-0.39, 0.29) is 11.9 Å². The molecule has 1 saturated heterocycles. The third-order valence-electron chi connectivity index (χ3n) is 3.55. The predicted molar refractivity (Wildman–Crippen MR) is 76.1 cm³/mol. The van der Waals surface area contributed by atoms with Crippen LogP contribution in [0.1, 0.15) is 19.4 Å². The van der Waals surface area contributed by atoms with Gasteiger partial charge >= 0.3 is 0 Å². The smallest absolute Gasteiger partial charge is 0.146 e. The summed E-state index contributed by atoms with van der Waals surface area (Å²) in [5.41, 5.74) is 1.49. The Bertz CT molecular complexity index is 423. The fourth-order valence-corrected chi connectivity index (χ4v) is 2.32. The van der Waals surface area contributed by atoms with Crippen molar-refractivity contribution in [2.45, 2.75) is 32.9 Å². The zero-order valence-electron chi connectivity index (χ0n) is 11.9. The third kappa shape index (κ3) is 3.91. The summed E-state index contributed by atoms with van der Waals surface area (Å²) in [7, 11) is 0. The predicted octanol–water partition coefficient (Wildman–Crippen LogP) is 2.66. The number of hydrogen-bond donors (Lipinski definition) is 1. The Morgan fingerprint density at radius 2 is 2.26 bits per heavy atom. The van der Waals surface area contributed by atoms with Crippen molar-refractivity contribution in [3.63, 3.8) is 0 Å². The largest absolute Gasteiger partial charge is 0.380 e. The Hall–Kier alpha value is -1.13. The molecular formula is C15H23FN2O. The number of nitrogens with one attached hydrogen (secondary N) is 1. The van der Waals surface area contributed by atoms with E-state index in [1.165, 1.54) is 0 Å². The van der Waals surface area contributed by atoms with Crippen LogP contribution in [-0.2, 0) is 4.74 Å². The van der Waals surface area contributed by atoms with Gasteiger partial charge in [-0.3, -0.25) is 4.90 Å². The molecule has 0 bridgehead atoms. The molecule has 19 heavy (non-hydrogen) atoms. The molecule has 0 aliphatic carbocycles. The molecule has 0 spiro atoms. The van der Waals surface area contributed by atoms with Crippen LogP contribution in [0, 0.1) is 12.7 Å². The van der Waals surface area contributed by atoms with Crippen LogP contribution >= 0.6 is 0 Å². The Labute approximate surface area is 114 Å². The first-order chi connectivity index (χ1) is 9.06. The van der Waals surface area contributed by atoms with Crippen LogP contribution in [0.3, 0.4) is 0 Å². The summed E-state index contributed by atoms with van der Waals surface area (Å²) in [4.78, 5) is 2.39. The normalized spacial score (nSPS) is 20.8. The number of nitrogens with zero attached hydrogens (tertiary/aromatic N) is 1. The molecule has 0 aromatic heterocycles. The first-order valence-corrected chi connectivity index (χ1v) is 6.92. The van der Waals surface area contributed by atoms with Gasteiger partial charge in [0.15, 0.2) is 0 Å². The molecular weight excluding hydrogens is 243 g/mol. The van der Waals surface area contributed by atoms with Crippen molar-refractivity contribution in [1.29, 1.82) is 0 Å². The topological polar surface area (TPSA) is 24.5 Å². The molecule has 1 N–H and O–H groups in total. The molecule has 1 unspecified atom stereocenters. The molecule has 1 aromatic rings. The third-order valence-corrected chi connectivity index (χ3v) is 3.55. The van der Waals surface area contributed by atoms with Gasteiger partial charge in [-0.2, -0.15) is 0 Å². The maximum absolute atomic E-state index is 13.7. The summed E-state index contributed by atoms with van der Waals surface area (Å²) < 4.78 is 19.4. The summed E-state index contributed by atoms with van der Waals surface area (Å²) in [5.74, 6) is -0.198. The number of ether oxygens (including phenoxy) is 1. The van der Waals surface area contributed by atoms with E-state index in [2.05, 4.69) is 24.1 Å². The van der Waals surface area contributed by atoms with E-state index in [9.17, 15) is 4.39 Å². The monoisotopic (exact) mass is 266 g/mol. The molecule has 0 amide bonds. The lowest BCUT2D eigenvalue weighted by molar-refractivity contribution is -0.0315. The van der Waals surface area contributed by atoms with E-state index >= 15 is 0 Å². The van der Waals surface area contributed by atoms with E-state index in [0.717, 1.165) is 25.3 Å². The van der Waals surface area contributed by atoms with E-state index in [0.29, 0.717) is 18.3 Å². The quantitative estimate of drug-likeness (QED) is 0.906. The molecule has 0 saturated carbocycles. The molecule has 3 nitrogen and oxygen atoms in total. The lowest BCUT2D eigenvalue weighted by Gasteiger charge is -2.35. The van der Waals surface area contributed by atoms with E-state index < -0.39 is 0 Å². The van der Waals surface area contributed by atoms with Gasteiger partial charge in [-0.05, 0) is 38.5 Å². The summed E-state index contributed by atoms with van der Waals surface area (Å²) >= 11 is 0. The van der Waals surface area contributed by atoms with Gasteiger partial charge in [0.25, 0.3) is 0 Å². The van der Waals surface area contributed by atoms with Gasteiger partial charge in [0, 0.05) is 25.7 Å². The van der Waals surface area contributed by atoms with E-state index in [4.69, 9.17) is 4.74 Å². The number of hydrogen-bond acceptors (Lipinski definition) is 3. The highest BCUT2D eigenvalue weighted by atomic mass is 19.1. The first kappa shape index (κ1) is 14.3. The Morgan fingerprint density at radius 3 is 2.95 bits per heavy atom. The zero-order chi connectivity index (χ0) is 13.8. The Kier molecular flexibility index (Phi) is 4.77. The van der Waals surface area contributed by atoms with E-state index in [1.54, 1.807) is 12.1 Å². The molecule has 1 aliphatic rings. The molecule has 1 heterocycles. The molecule has 106 valence electrons. The minimum absolute atomic E-state index is 0.122. The van der Waals surface area contributed by atoms with Gasteiger partial charge in [-0.15, -0.1) is 0 Å². The first-order valence-electron chi connectivity index (χ1n) is 6.92. The summed E-state index contributed by atoms with van der Waals surface area (Å²) in [6.45, 7) is 9.54. The van der Waals surface area contributed by atoms with Crippen molar-refractivity contribution in [2.75, 3.05) is 31.6 Å². The maximum atomic E-state index is 13.7. The highest BCUT2D eigenvalue weighted by Gasteiger charge is 2.22. The second-order valence-electron chi connectivity index (χ2n) is 5.45. The lowest BCUT2D eigenvalue weighted by Crippen LogP contribution is -2.48. The summed E-state index contributed by atoms with van der Waals surface area (Å²) in [5, 5.41) is 3.14. The van der Waals surface area contributed by atoms with Crippen LogP contribution < -0.4 is 5.32 Å². The molecule has 4 heteroatoms. The minimum atomic E-state index is -0.198. The second kappa shape index (κ2) is 6.35. The molecule has 1 aliphatic heterocycles. The molecule has 1 atom stereocenters. The average molecular weight is 266 g/mol.